The van der Waals surface area contributed by atoms with E-state index in [1.54, 1.807) is 0 Å². The van der Waals surface area contributed by atoms with Crippen molar-refractivity contribution >= 4 is 31.7 Å². The molecule has 2 atom stereocenters. The van der Waals surface area contributed by atoms with Gasteiger partial charge in [-0.05, 0) is 44.1 Å². The van der Waals surface area contributed by atoms with E-state index in [1.807, 2.05) is 24.3 Å². The maximum Gasteiger partial charge on any atom is 0.223 e. The highest BCUT2D eigenvalue weighted by molar-refractivity contribution is 9.10. The van der Waals surface area contributed by atoms with E-state index in [4.69, 9.17) is 4.74 Å². The number of nitrogens with zero attached hydrogens (tertiary/aromatic N) is 1. The van der Waals surface area contributed by atoms with Gasteiger partial charge in [0.25, 0.3) is 0 Å². The zero-order chi connectivity index (χ0) is 17.9. The van der Waals surface area contributed by atoms with E-state index in [2.05, 4.69) is 26.1 Å². The second kappa shape index (κ2) is 8.05. The van der Waals surface area contributed by atoms with E-state index in [0.29, 0.717) is 5.75 Å². The summed E-state index contributed by atoms with van der Waals surface area (Å²) in [4.78, 5) is 14.4. The van der Waals surface area contributed by atoms with Crippen molar-refractivity contribution in [2.75, 3.05) is 31.2 Å². The fraction of sp³-hybridized carbons (Fsp3) is 0.588. The minimum atomic E-state index is -3.09. The van der Waals surface area contributed by atoms with Crippen LogP contribution in [0.2, 0.25) is 0 Å². The lowest BCUT2D eigenvalue weighted by molar-refractivity contribution is -0.122. The first-order valence-corrected chi connectivity index (χ1v) is 11.2. The Hall–Kier alpha value is -1.12. The molecule has 1 amide bonds. The number of amides is 1. The highest BCUT2D eigenvalue weighted by Crippen LogP contribution is 2.23. The van der Waals surface area contributed by atoms with Crippen molar-refractivity contribution in [2.24, 2.45) is 0 Å². The summed E-state index contributed by atoms with van der Waals surface area (Å²) in [6.07, 6.45) is 2.39. The van der Waals surface area contributed by atoms with Crippen molar-refractivity contribution < 1.29 is 17.9 Å². The third kappa shape index (κ3) is 5.18. The van der Waals surface area contributed by atoms with Crippen LogP contribution in [0.25, 0.3) is 0 Å². The van der Waals surface area contributed by atoms with Crippen LogP contribution in [0, 0.1) is 0 Å². The number of halogens is 1. The zero-order valence-electron chi connectivity index (χ0n) is 14.0. The SMILES string of the molecule is O=C(CCOc1cccc(Br)c1)NC1CS(=O)(=O)CC1N1CCCC1. The Morgan fingerprint density at radius 3 is 2.76 bits per heavy atom. The standard InChI is InChI=1S/C17H23BrN2O4S/c18-13-4-3-5-14(10-13)24-9-6-17(21)19-15-11-25(22,23)12-16(15)20-7-1-2-8-20/h3-5,10,15-16H,1-2,6-9,11-12H2,(H,19,21). The Morgan fingerprint density at radius 1 is 1.28 bits per heavy atom. The van der Waals surface area contributed by atoms with Crippen molar-refractivity contribution in [1.82, 2.24) is 10.2 Å². The van der Waals surface area contributed by atoms with Gasteiger partial charge >= 0.3 is 0 Å². The van der Waals surface area contributed by atoms with Gasteiger partial charge in [0.2, 0.25) is 5.91 Å². The lowest BCUT2D eigenvalue weighted by atomic mass is 10.1. The molecule has 0 radical (unpaired) electrons. The first kappa shape index (κ1) is 18.7. The van der Waals surface area contributed by atoms with Gasteiger partial charge in [-0.15, -0.1) is 0 Å². The summed E-state index contributed by atoms with van der Waals surface area (Å²) in [5.41, 5.74) is 0. The van der Waals surface area contributed by atoms with Crippen LogP contribution in [0.1, 0.15) is 19.3 Å². The largest absolute Gasteiger partial charge is 0.493 e. The van der Waals surface area contributed by atoms with E-state index in [-0.39, 0.29) is 42.5 Å². The van der Waals surface area contributed by atoms with Gasteiger partial charge in [-0.3, -0.25) is 9.69 Å². The predicted octanol–water partition coefficient (Wildman–Crippen LogP) is 1.60. The van der Waals surface area contributed by atoms with E-state index >= 15 is 0 Å². The Bertz CT molecular complexity index is 719. The summed E-state index contributed by atoms with van der Waals surface area (Å²) < 4.78 is 30.5. The number of hydrogen-bond donors (Lipinski definition) is 1. The maximum absolute atomic E-state index is 12.2. The Kier molecular flexibility index (Phi) is 6.01. The quantitative estimate of drug-likeness (QED) is 0.741. The summed E-state index contributed by atoms with van der Waals surface area (Å²) >= 11 is 3.37. The monoisotopic (exact) mass is 430 g/mol. The number of nitrogens with one attached hydrogen (secondary N) is 1. The summed E-state index contributed by atoms with van der Waals surface area (Å²) in [5, 5.41) is 2.91. The Morgan fingerprint density at radius 2 is 2.04 bits per heavy atom. The van der Waals surface area contributed by atoms with E-state index < -0.39 is 9.84 Å². The molecule has 138 valence electrons. The molecule has 2 heterocycles. The normalized spacial score (nSPS) is 25.8. The predicted molar refractivity (Wildman–Crippen MR) is 99.4 cm³/mol. The van der Waals surface area contributed by atoms with E-state index in [9.17, 15) is 13.2 Å². The summed E-state index contributed by atoms with van der Waals surface area (Å²) in [6, 6.07) is 7.02. The molecule has 25 heavy (non-hydrogen) atoms. The molecule has 0 aromatic heterocycles. The summed E-state index contributed by atoms with van der Waals surface area (Å²) in [7, 11) is -3.09. The number of sulfone groups is 1. The van der Waals surface area contributed by atoms with Gasteiger partial charge in [-0.1, -0.05) is 22.0 Å². The minimum absolute atomic E-state index is 0.0341. The molecular weight excluding hydrogens is 408 g/mol. The van der Waals surface area contributed by atoms with Crippen LogP contribution in [0.4, 0.5) is 0 Å². The molecule has 0 spiro atoms. The first-order valence-electron chi connectivity index (χ1n) is 8.55. The third-order valence-electron chi connectivity index (χ3n) is 4.67. The molecule has 3 rings (SSSR count). The van der Waals surface area contributed by atoms with Crippen LogP contribution in [-0.2, 0) is 14.6 Å². The number of hydrogen-bond acceptors (Lipinski definition) is 5. The number of carbonyl (C=O) groups is 1. The highest BCUT2D eigenvalue weighted by atomic mass is 79.9. The lowest BCUT2D eigenvalue weighted by Gasteiger charge is -2.28. The average molecular weight is 431 g/mol. The fourth-order valence-electron chi connectivity index (χ4n) is 3.50. The van der Waals surface area contributed by atoms with Crippen LogP contribution >= 0.6 is 15.9 Å². The number of ether oxygens (including phenoxy) is 1. The van der Waals surface area contributed by atoms with E-state index in [1.165, 1.54) is 0 Å². The number of rotatable bonds is 6. The van der Waals surface area contributed by atoms with Crippen molar-refractivity contribution in [3.63, 3.8) is 0 Å². The highest BCUT2D eigenvalue weighted by Gasteiger charge is 2.42. The van der Waals surface area contributed by atoms with Gasteiger partial charge < -0.3 is 10.1 Å². The zero-order valence-corrected chi connectivity index (χ0v) is 16.4. The van der Waals surface area contributed by atoms with Gasteiger partial charge in [-0.25, -0.2) is 8.42 Å². The molecule has 2 aliphatic rings. The van der Waals surface area contributed by atoms with Crippen molar-refractivity contribution in [1.29, 1.82) is 0 Å². The molecule has 1 aromatic rings. The molecule has 8 heteroatoms. The topological polar surface area (TPSA) is 75.7 Å². The maximum atomic E-state index is 12.2. The molecule has 2 aliphatic heterocycles. The fourth-order valence-corrected chi connectivity index (χ4v) is 5.83. The molecule has 6 nitrogen and oxygen atoms in total. The van der Waals surface area contributed by atoms with Crippen LogP contribution in [0.15, 0.2) is 28.7 Å². The Balaban J connectivity index is 1.50. The first-order chi connectivity index (χ1) is 11.9. The number of likely N-dealkylation sites (tertiary alicyclic amines) is 1. The molecule has 1 aromatic carbocycles. The lowest BCUT2D eigenvalue weighted by Crippen LogP contribution is -2.50. The molecular formula is C17H23BrN2O4S. The molecule has 2 fully saturated rings. The molecule has 2 saturated heterocycles. The molecule has 0 aliphatic carbocycles. The molecule has 1 N–H and O–H groups in total. The second-order valence-electron chi connectivity index (χ2n) is 6.62. The van der Waals surface area contributed by atoms with Gasteiger partial charge in [-0.2, -0.15) is 0 Å². The van der Waals surface area contributed by atoms with Gasteiger partial charge in [0.1, 0.15) is 5.75 Å². The summed E-state index contributed by atoms with van der Waals surface area (Å²) in [6.45, 7) is 2.09. The van der Waals surface area contributed by atoms with Crippen molar-refractivity contribution in [2.45, 2.75) is 31.3 Å². The number of carbonyl (C=O) groups excluding carboxylic acids is 1. The molecule has 0 bridgehead atoms. The van der Waals surface area contributed by atoms with Crippen molar-refractivity contribution in [3.8, 4) is 5.75 Å². The molecule has 2 unspecified atom stereocenters. The van der Waals surface area contributed by atoms with Gasteiger partial charge in [0.05, 0.1) is 30.6 Å². The van der Waals surface area contributed by atoms with Gasteiger partial charge in [0, 0.05) is 10.5 Å². The van der Waals surface area contributed by atoms with Gasteiger partial charge in [0.15, 0.2) is 9.84 Å². The summed E-state index contributed by atoms with van der Waals surface area (Å²) in [5.74, 6) is 0.709. The smallest absolute Gasteiger partial charge is 0.223 e. The van der Waals surface area contributed by atoms with Crippen molar-refractivity contribution in [3.05, 3.63) is 28.7 Å². The number of benzene rings is 1. The van der Waals surface area contributed by atoms with Crippen LogP contribution in [0.5, 0.6) is 5.75 Å². The third-order valence-corrected chi connectivity index (χ3v) is 6.88. The Labute approximate surface area is 157 Å². The van der Waals surface area contributed by atoms with Crippen LogP contribution in [-0.4, -0.2) is 62.5 Å². The second-order valence-corrected chi connectivity index (χ2v) is 9.69. The average Bonchev–Trinajstić information content (AvgIpc) is 3.15. The molecule has 0 saturated carbocycles. The minimum Gasteiger partial charge on any atom is -0.493 e. The van der Waals surface area contributed by atoms with Crippen LogP contribution < -0.4 is 10.1 Å². The van der Waals surface area contributed by atoms with Crippen LogP contribution in [0.3, 0.4) is 0 Å². The van der Waals surface area contributed by atoms with E-state index in [0.717, 1.165) is 30.4 Å².